The van der Waals surface area contributed by atoms with E-state index in [-0.39, 0.29) is 23.3 Å². The van der Waals surface area contributed by atoms with E-state index in [1.165, 1.54) is 18.2 Å². The molecule has 0 aliphatic heterocycles. The first-order valence-corrected chi connectivity index (χ1v) is 6.27. The Morgan fingerprint density at radius 1 is 1.50 bits per heavy atom. The Morgan fingerprint density at radius 2 is 2.22 bits per heavy atom. The maximum atomic E-state index is 11.7. The Hall–Kier alpha value is -1.26. The van der Waals surface area contributed by atoms with E-state index < -0.39 is 0 Å². The third-order valence-corrected chi connectivity index (χ3v) is 2.50. The van der Waals surface area contributed by atoms with Crippen molar-refractivity contribution in [2.24, 2.45) is 0 Å². The minimum Gasteiger partial charge on any atom is -0.507 e. The predicted octanol–water partition coefficient (Wildman–Crippen LogP) is 2.59. The maximum Gasteiger partial charge on any atom is 0.255 e. The van der Waals surface area contributed by atoms with Gasteiger partial charge in [0.25, 0.3) is 5.91 Å². The van der Waals surface area contributed by atoms with Crippen LogP contribution in [0.2, 0.25) is 5.02 Å². The highest BCUT2D eigenvalue weighted by Crippen LogP contribution is 2.21. The molecular formula is C13H18ClNO3. The molecule has 0 radical (unpaired) electrons. The SMILES string of the molecule is CC(C)OCCCNC(=O)c1cc(Cl)ccc1O. The molecule has 0 fully saturated rings. The van der Waals surface area contributed by atoms with E-state index in [0.717, 1.165) is 6.42 Å². The lowest BCUT2D eigenvalue weighted by Gasteiger charge is -2.09. The quantitative estimate of drug-likeness (QED) is 0.782. The van der Waals surface area contributed by atoms with E-state index in [1.54, 1.807) is 0 Å². The summed E-state index contributed by atoms with van der Waals surface area (Å²) in [5.41, 5.74) is 0.187. The van der Waals surface area contributed by atoms with Gasteiger partial charge in [0.15, 0.2) is 0 Å². The number of ether oxygens (including phenoxy) is 1. The van der Waals surface area contributed by atoms with Crippen LogP contribution in [0.5, 0.6) is 5.75 Å². The first-order valence-electron chi connectivity index (χ1n) is 5.89. The summed E-state index contributed by atoms with van der Waals surface area (Å²) in [7, 11) is 0. The topological polar surface area (TPSA) is 58.6 Å². The number of halogens is 1. The van der Waals surface area contributed by atoms with Crippen molar-refractivity contribution in [3.05, 3.63) is 28.8 Å². The molecule has 2 N–H and O–H groups in total. The molecule has 5 heteroatoms. The van der Waals surface area contributed by atoms with Crippen molar-refractivity contribution in [2.75, 3.05) is 13.2 Å². The molecule has 0 aliphatic rings. The summed E-state index contributed by atoms with van der Waals surface area (Å²) in [6.45, 7) is 5.02. The standard InChI is InChI=1S/C13H18ClNO3/c1-9(2)18-7-3-6-15-13(17)11-8-10(14)4-5-12(11)16/h4-5,8-9,16H,3,6-7H2,1-2H3,(H,15,17). The Kier molecular flexibility index (Phi) is 5.95. The van der Waals surface area contributed by atoms with Crippen molar-refractivity contribution in [2.45, 2.75) is 26.4 Å². The Balaban J connectivity index is 2.39. The van der Waals surface area contributed by atoms with Crippen LogP contribution in [0.15, 0.2) is 18.2 Å². The van der Waals surface area contributed by atoms with Crippen molar-refractivity contribution in [3.8, 4) is 5.75 Å². The molecule has 0 unspecified atom stereocenters. The number of aromatic hydroxyl groups is 1. The van der Waals surface area contributed by atoms with E-state index in [4.69, 9.17) is 16.3 Å². The van der Waals surface area contributed by atoms with Gasteiger partial charge in [-0.05, 0) is 38.5 Å². The zero-order valence-corrected chi connectivity index (χ0v) is 11.3. The average Bonchev–Trinajstić information content (AvgIpc) is 2.31. The Bertz CT molecular complexity index is 407. The Labute approximate surface area is 112 Å². The summed E-state index contributed by atoms with van der Waals surface area (Å²) < 4.78 is 5.35. The smallest absolute Gasteiger partial charge is 0.255 e. The van der Waals surface area contributed by atoms with Gasteiger partial charge < -0.3 is 15.2 Å². The van der Waals surface area contributed by atoms with Gasteiger partial charge in [0.1, 0.15) is 5.75 Å². The van der Waals surface area contributed by atoms with Crippen LogP contribution in [0, 0.1) is 0 Å². The van der Waals surface area contributed by atoms with Gasteiger partial charge in [0.2, 0.25) is 0 Å². The maximum absolute atomic E-state index is 11.7. The van der Waals surface area contributed by atoms with Crippen molar-refractivity contribution in [3.63, 3.8) is 0 Å². The van der Waals surface area contributed by atoms with Gasteiger partial charge >= 0.3 is 0 Å². The number of amides is 1. The first-order chi connectivity index (χ1) is 8.50. The normalized spacial score (nSPS) is 10.7. The number of hydrogen-bond donors (Lipinski definition) is 2. The molecular weight excluding hydrogens is 254 g/mol. The van der Waals surface area contributed by atoms with Gasteiger partial charge in [-0.2, -0.15) is 0 Å². The molecule has 18 heavy (non-hydrogen) atoms. The van der Waals surface area contributed by atoms with E-state index in [0.29, 0.717) is 18.2 Å². The summed E-state index contributed by atoms with van der Waals surface area (Å²) in [6.07, 6.45) is 0.920. The van der Waals surface area contributed by atoms with Crippen LogP contribution in [0.1, 0.15) is 30.6 Å². The van der Waals surface area contributed by atoms with Crippen LogP contribution in [-0.2, 0) is 4.74 Å². The number of rotatable bonds is 6. The minimum atomic E-state index is -0.334. The predicted molar refractivity (Wildman–Crippen MR) is 71.2 cm³/mol. The van der Waals surface area contributed by atoms with Gasteiger partial charge in [0, 0.05) is 18.2 Å². The molecule has 1 aromatic carbocycles. The van der Waals surface area contributed by atoms with Crippen LogP contribution in [-0.4, -0.2) is 30.3 Å². The van der Waals surface area contributed by atoms with Crippen LogP contribution in [0.4, 0.5) is 0 Å². The van der Waals surface area contributed by atoms with Crippen molar-refractivity contribution >= 4 is 17.5 Å². The number of phenols is 1. The number of hydrogen-bond acceptors (Lipinski definition) is 3. The molecule has 1 aromatic rings. The number of phenolic OH excluding ortho intramolecular Hbond substituents is 1. The molecule has 0 bridgehead atoms. The number of carbonyl (C=O) groups is 1. The van der Waals surface area contributed by atoms with Crippen LogP contribution >= 0.6 is 11.6 Å². The van der Waals surface area contributed by atoms with Gasteiger partial charge in [-0.3, -0.25) is 4.79 Å². The van der Waals surface area contributed by atoms with Gasteiger partial charge in [-0.25, -0.2) is 0 Å². The molecule has 100 valence electrons. The monoisotopic (exact) mass is 271 g/mol. The summed E-state index contributed by atoms with van der Waals surface area (Å²) in [5, 5.41) is 12.7. The van der Waals surface area contributed by atoms with E-state index in [1.807, 2.05) is 13.8 Å². The number of benzene rings is 1. The minimum absolute atomic E-state index is 0.0738. The van der Waals surface area contributed by atoms with E-state index in [9.17, 15) is 9.90 Å². The fourth-order valence-corrected chi connectivity index (χ4v) is 1.55. The molecule has 0 aromatic heterocycles. The molecule has 0 heterocycles. The molecule has 0 spiro atoms. The van der Waals surface area contributed by atoms with Crippen LogP contribution < -0.4 is 5.32 Å². The van der Waals surface area contributed by atoms with Crippen LogP contribution in [0.3, 0.4) is 0 Å². The zero-order chi connectivity index (χ0) is 13.5. The lowest BCUT2D eigenvalue weighted by Crippen LogP contribution is -2.25. The highest BCUT2D eigenvalue weighted by atomic mass is 35.5. The highest BCUT2D eigenvalue weighted by Gasteiger charge is 2.10. The summed E-state index contributed by atoms with van der Waals surface area (Å²) >= 11 is 5.77. The lowest BCUT2D eigenvalue weighted by atomic mass is 10.2. The molecule has 1 rings (SSSR count). The Morgan fingerprint density at radius 3 is 2.89 bits per heavy atom. The molecule has 1 amide bonds. The molecule has 0 saturated carbocycles. The molecule has 0 saturated heterocycles. The van der Waals surface area contributed by atoms with Gasteiger partial charge in [-0.15, -0.1) is 0 Å². The first kappa shape index (κ1) is 14.8. The largest absolute Gasteiger partial charge is 0.507 e. The lowest BCUT2D eigenvalue weighted by molar-refractivity contribution is 0.0757. The third-order valence-electron chi connectivity index (χ3n) is 2.26. The molecule has 0 atom stereocenters. The second kappa shape index (κ2) is 7.24. The van der Waals surface area contributed by atoms with Crippen molar-refractivity contribution < 1.29 is 14.6 Å². The fourth-order valence-electron chi connectivity index (χ4n) is 1.38. The van der Waals surface area contributed by atoms with E-state index in [2.05, 4.69) is 5.32 Å². The van der Waals surface area contributed by atoms with E-state index >= 15 is 0 Å². The number of nitrogens with one attached hydrogen (secondary N) is 1. The van der Waals surface area contributed by atoms with Gasteiger partial charge in [-0.1, -0.05) is 11.6 Å². The average molecular weight is 272 g/mol. The second-order valence-electron chi connectivity index (χ2n) is 4.19. The number of carbonyl (C=O) groups excluding carboxylic acids is 1. The fraction of sp³-hybridized carbons (Fsp3) is 0.462. The highest BCUT2D eigenvalue weighted by molar-refractivity contribution is 6.31. The van der Waals surface area contributed by atoms with Gasteiger partial charge in [0.05, 0.1) is 11.7 Å². The third kappa shape index (κ3) is 4.94. The second-order valence-corrected chi connectivity index (χ2v) is 4.63. The summed E-state index contributed by atoms with van der Waals surface area (Å²) in [4.78, 5) is 11.7. The van der Waals surface area contributed by atoms with Crippen LogP contribution in [0.25, 0.3) is 0 Å². The van der Waals surface area contributed by atoms with Crippen molar-refractivity contribution in [1.29, 1.82) is 0 Å². The zero-order valence-electron chi connectivity index (χ0n) is 10.6. The molecule has 4 nitrogen and oxygen atoms in total. The van der Waals surface area contributed by atoms with Crippen molar-refractivity contribution in [1.82, 2.24) is 5.32 Å². The summed E-state index contributed by atoms with van der Waals surface area (Å²) in [6, 6.07) is 4.38. The summed E-state index contributed by atoms with van der Waals surface area (Å²) in [5.74, 6) is -0.408. The molecule has 0 aliphatic carbocycles.